The molecule has 8 heteroatoms. The molecule has 0 N–H and O–H groups in total. The van der Waals surface area contributed by atoms with Gasteiger partial charge in [0.1, 0.15) is 11.3 Å². The Morgan fingerprint density at radius 2 is 1.83 bits per heavy atom. The molecular weight excluding hydrogens is 407 g/mol. The number of benzene rings is 2. The molecule has 0 radical (unpaired) electrons. The molecule has 0 spiro atoms. The van der Waals surface area contributed by atoms with Gasteiger partial charge in [0.25, 0.3) is 0 Å². The second kappa shape index (κ2) is 6.42. The van der Waals surface area contributed by atoms with Crippen molar-refractivity contribution in [2.45, 2.75) is 32.0 Å². The van der Waals surface area contributed by atoms with Gasteiger partial charge in [0.2, 0.25) is 0 Å². The van der Waals surface area contributed by atoms with Gasteiger partial charge in [0, 0.05) is 10.9 Å². The molecule has 0 unspecified atom stereocenters. The zero-order valence-electron chi connectivity index (χ0n) is 15.1. The lowest BCUT2D eigenvalue weighted by atomic mass is 10.0. The van der Waals surface area contributed by atoms with E-state index >= 15 is 0 Å². The van der Waals surface area contributed by atoms with Gasteiger partial charge in [-0.25, -0.2) is 4.79 Å². The van der Waals surface area contributed by atoms with Gasteiger partial charge in [0.15, 0.2) is 6.73 Å². The summed E-state index contributed by atoms with van der Waals surface area (Å²) in [6.45, 7) is 0.254. The minimum absolute atomic E-state index is 0.0364. The van der Waals surface area contributed by atoms with Crippen LogP contribution in [0.15, 0.2) is 39.5 Å². The van der Waals surface area contributed by atoms with Crippen molar-refractivity contribution in [2.24, 2.45) is 0 Å². The number of hydrogen-bond acceptors (Lipinski definition) is 4. The molecule has 0 bridgehead atoms. The Labute approximate surface area is 168 Å². The van der Waals surface area contributed by atoms with E-state index in [0.717, 1.165) is 35.9 Å². The van der Waals surface area contributed by atoms with Crippen molar-refractivity contribution in [1.82, 2.24) is 0 Å². The number of rotatable bonds is 1. The van der Waals surface area contributed by atoms with E-state index in [0.29, 0.717) is 28.9 Å². The Balaban J connectivity index is 1.62. The molecule has 4 nitrogen and oxygen atoms in total. The highest BCUT2D eigenvalue weighted by atomic mass is 35.5. The van der Waals surface area contributed by atoms with E-state index in [2.05, 4.69) is 0 Å². The second-order valence-electron chi connectivity index (χ2n) is 7.25. The maximum atomic E-state index is 13.1. The van der Waals surface area contributed by atoms with E-state index in [1.165, 1.54) is 6.07 Å². The highest BCUT2D eigenvalue weighted by Crippen LogP contribution is 2.40. The normalized spacial score (nSPS) is 15.9. The molecule has 0 atom stereocenters. The van der Waals surface area contributed by atoms with Crippen LogP contribution in [0.25, 0.3) is 11.0 Å². The smallest absolute Gasteiger partial charge is 0.416 e. The van der Waals surface area contributed by atoms with E-state index in [1.807, 2.05) is 12.1 Å². The lowest BCUT2D eigenvalue weighted by Crippen LogP contribution is -2.32. The quantitative estimate of drug-likeness (QED) is 0.499. The van der Waals surface area contributed by atoms with E-state index < -0.39 is 11.7 Å². The first kappa shape index (κ1) is 18.4. The summed E-state index contributed by atoms with van der Waals surface area (Å²) in [4.78, 5) is 14.0. The molecule has 29 heavy (non-hydrogen) atoms. The number of nitrogens with zero attached hydrogens (tertiary/aromatic N) is 1. The Bertz CT molecular complexity index is 1200. The summed E-state index contributed by atoms with van der Waals surface area (Å²) < 4.78 is 50.8. The zero-order chi connectivity index (χ0) is 20.3. The zero-order valence-corrected chi connectivity index (χ0v) is 15.9. The average Bonchev–Trinajstić information content (AvgIpc) is 3.18. The molecule has 0 saturated carbocycles. The second-order valence-corrected chi connectivity index (χ2v) is 7.66. The monoisotopic (exact) mass is 421 g/mol. The van der Waals surface area contributed by atoms with Crippen molar-refractivity contribution >= 4 is 28.3 Å². The molecule has 5 rings (SSSR count). The Morgan fingerprint density at radius 3 is 2.62 bits per heavy atom. The molecule has 2 heterocycles. The van der Waals surface area contributed by atoms with Crippen LogP contribution in [0, 0.1) is 0 Å². The van der Waals surface area contributed by atoms with Crippen molar-refractivity contribution in [2.75, 3.05) is 11.6 Å². The van der Waals surface area contributed by atoms with Gasteiger partial charge in [-0.3, -0.25) is 0 Å². The predicted molar refractivity (Wildman–Crippen MR) is 103 cm³/mol. The number of halogens is 4. The molecule has 3 aromatic rings. The van der Waals surface area contributed by atoms with Gasteiger partial charge in [-0.2, -0.15) is 13.2 Å². The van der Waals surface area contributed by atoms with Crippen molar-refractivity contribution in [1.29, 1.82) is 0 Å². The van der Waals surface area contributed by atoms with E-state index in [1.54, 1.807) is 4.90 Å². The first-order valence-corrected chi connectivity index (χ1v) is 9.55. The largest absolute Gasteiger partial charge is 0.473 e. The molecule has 0 amide bonds. The Kier molecular flexibility index (Phi) is 4.07. The van der Waals surface area contributed by atoms with Crippen molar-refractivity contribution in [3.8, 4) is 5.75 Å². The molecule has 0 saturated heterocycles. The number of anilines is 1. The summed E-state index contributed by atoms with van der Waals surface area (Å²) in [5.41, 5.74) is 1.85. The van der Waals surface area contributed by atoms with Crippen LogP contribution in [0.2, 0.25) is 5.02 Å². The van der Waals surface area contributed by atoms with Crippen LogP contribution >= 0.6 is 11.6 Å². The standard InChI is InChI=1S/C21H15ClF3NO3/c22-16-6-4-11(21(23,24)25)8-17(16)26-9-15-18(28-10-26)7-5-13-12-2-1-3-14(12)20(27)29-19(13)15/h4-8H,1-3,9-10H2. The van der Waals surface area contributed by atoms with Crippen LogP contribution in [-0.4, -0.2) is 6.73 Å². The first-order valence-electron chi connectivity index (χ1n) is 9.18. The molecule has 2 aromatic carbocycles. The van der Waals surface area contributed by atoms with Gasteiger partial charge < -0.3 is 14.1 Å². The van der Waals surface area contributed by atoms with Crippen LogP contribution in [0.5, 0.6) is 5.75 Å². The van der Waals surface area contributed by atoms with Gasteiger partial charge >= 0.3 is 11.8 Å². The minimum Gasteiger partial charge on any atom is -0.473 e. The Hall–Kier alpha value is -2.67. The summed E-state index contributed by atoms with van der Waals surface area (Å²) in [5, 5.41) is 1.05. The summed E-state index contributed by atoms with van der Waals surface area (Å²) >= 11 is 6.19. The average molecular weight is 422 g/mol. The maximum absolute atomic E-state index is 13.1. The van der Waals surface area contributed by atoms with Crippen LogP contribution in [-0.2, 0) is 25.6 Å². The van der Waals surface area contributed by atoms with Crippen molar-refractivity contribution in [3.05, 3.63) is 68.0 Å². The molecule has 1 aliphatic carbocycles. The van der Waals surface area contributed by atoms with Crippen molar-refractivity contribution in [3.63, 3.8) is 0 Å². The highest BCUT2D eigenvalue weighted by molar-refractivity contribution is 6.33. The summed E-state index contributed by atoms with van der Waals surface area (Å²) in [7, 11) is 0. The molecule has 0 fully saturated rings. The number of aryl methyl sites for hydroxylation is 1. The third kappa shape index (κ3) is 2.95. The van der Waals surface area contributed by atoms with Gasteiger partial charge in [-0.1, -0.05) is 11.6 Å². The third-order valence-electron chi connectivity index (χ3n) is 5.54. The summed E-state index contributed by atoms with van der Waals surface area (Å²) in [6, 6.07) is 6.89. The molecule has 1 aromatic heterocycles. The Morgan fingerprint density at radius 1 is 1.03 bits per heavy atom. The number of hydrogen-bond donors (Lipinski definition) is 0. The number of fused-ring (bicyclic) bond motifs is 5. The molecule has 1 aliphatic heterocycles. The van der Waals surface area contributed by atoms with E-state index in [-0.39, 0.29) is 29.6 Å². The number of ether oxygens (including phenoxy) is 1. The van der Waals surface area contributed by atoms with Crippen molar-refractivity contribution < 1.29 is 22.3 Å². The van der Waals surface area contributed by atoms with Crippen LogP contribution in [0.4, 0.5) is 18.9 Å². The SMILES string of the molecule is O=c1oc2c3c(ccc2c2c1CCC2)OCN(c1cc(C(F)(F)F)ccc1Cl)C3. The fourth-order valence-electron chi connectivity index (χ4n) is 4.14. The van der Waals surface area contributed by atoms with E-state index in [4.69, 9.17) is 20.8 Å². The minimum atomic E-state index is -4.48. The fourth-order valence-corrected chi connectivity index (χ4v) is 4.38. The van der Waals surface area contributed by atoms with Crippen LogP contribution in [0.3, 0.4) is 0 Å². The third-order valence-corrected chi connectivity index (χ3v) is 5.86. The topological polar surface area (TPSA) is 42.7 Å². The molecule has 150 valence electrons. The summed E-state index contributed by atoms with van der Waals surface area (Å²) in [6.07, 6.45) is -2.07. The maximum Gasteiger partial charge on any atom is 0.416 e. The number of alkyl halides is 3. The van der Waals surface area contributed by atoms with Gasteiger partial charge in [-0.15, -0.1) is 0 Å². The van der Waals surface area contributed by atoms with Gasteiger partial charge in [0.05, 0.1) is 28.4 Å². The lowest BCUT2D eigenvalue weighted by Gasteiger charge is -2.32. The highest BCUT2D eigenvalue weighted by Gasteiger charge is 2.32. The predicted octanol–water partition coefficient (Wildman–Crippen LogP) is 5.31. The lowest BCUT2D eigenvalue weighted by molar-refractivity contribution is -0.137. The van der Waals surface area contributed by atoms with Crippen LogP contribution < -0.4 is 15.3 Å². The molecule has 2 aliphatic rings. The summed E-state index contributed by atoms with van der Waals surface area (Å²) in [5.74, 6) is 0.554. The fraction of sp³-hybridized carbons (Fsp3) is 0.286. The molecular formula is C21H15ClF3NO3. The van der Waals surface area contributed by atoms with E-state index in [9.17, 15) is 18.0 Å². The first-order chi connectivity index (χ1) is 13.8. The van der Waals surface area contributed by atoms with Gasteiger partial charge in [-0.05, 0) is 55.2 Å². The van der Waals surface area contributed by atoms with Crippen LogP contribution in [0.1, 0.15) is 28.7 Å².